The second-order valence-corrected chi connectivity index (χ2v) is 10.3. The van der Waals surface area contributed by atoms with E-state index in [4.69, 9.17) is 0 Å². The van der Waals surface area contributed by atoms with Gasteiger partial charge in [-0.05, 0) is 41.0 Å². The van der Waals surface area contributed by atoms with Crippen molar-refractivity contribution in [3.05, 3.63) is 123 Å². The second-order valence-electron chi connectivity index (χ2n) is 8.55. The summed E-state index contributed by atoms with van der Waals surface area (Å²) in [4.78, 5) is 28.4. The van der Waals surface area contributed by atoms with Gasteiger partial charge in [-0.15, -0.1) is 0 Å². The van der Waals surface area contributed by atoms with Crippen LogP contribution in [0.3, 0.4) is 0 Å². The zero-order valence-corrected chi connectivity index (χ0v) is 21.8. The number of aliphatic hydroxyl groups is 1. The van der Waals surface area contributed by atoms with Crippen LogP contribution in [-0.4, -0.2) is 16.8 Å². The van der Waals surface area contributed by atoms with Gasteiger partial charge in [-0.3, -0.25) is 9.59 Å². The second kappa shape index (κ2) is 9.53. The van der Waals surface area contributed by atoms with Crippen molar-refractivity contribution in [2.75, 3.05) is 4.90 Å². The summed E-state index contributed by atoms with van der Waals surface area (Å²) in [6.45, 7) is 0.275. The lowest BCUT2D eigenvalue weighted by Gasteiger charge is -2.23. The van der Waals surface area contributed by atoms with Gasteiger partial charge >= 0.3 is 0 Å². The van der Waals surface area contributed by atoms with Crippen LogP contribution in [0.15, 0.2) is 106 Å². The Hall–Kier alpha value is -3.06. The molecule has 1 aliphatic rings. The summed E-state index contributed by atoms with van der Waals surface area (Å²) < 4.78 is 1.60. The van der Waals surface area contributed by atoms with Crippen LogP contribution in [0.2, 0.25) is 0 Å². The van der Waals surface area contributed by atoms with E-state index in [0.29, 0.717) is 16.8 Å². The molecule has 6 heteroatoms. The molecule has 174 valence electrons. The van der Waals surface area contributed by atoms with Gasteiger partial charge in [0.25, 0.3) is 5.91 Å². The van der Waals surface area contributed by atoms with E-state index in [9.17, 15) is 14.7 Å². The van der Waals surface area contributed by atoms with Gasteiger partial charge in [0.15, 0.2) is 11.4 Å². The fraction of sp³-hybridized carbons (Fsp3) is 0.103. The molecule has 0 saturated heterocycles. The number of Topliss-reactive ketones (excluding diaryl/α,β-unsaturated/α-hetero) is 1. The zero-order valence-electron chi connectivity index (χ0n) is 18.6. The van der Waals surface area contributed by atoms with Crippen LogP contribution in [0.1, 0.15) is 27.9 Å². The first kappa shape index (κ1) is 23.7. The van der Waals surface area contributed by atoms with Gasteiger partial charge in [0.05, 0.1) is 18.7 Å². The van der Waals surface area contributed by atoms with Gasteiger partial charge in [0.1, 0.15) is 0 Å². The van der Waals surface area contributed by atoms with Crippen LogP contribution in [0.4, 0.5) is 5.69 Å². The van der Waals surface area contributed by atoms with Crippen molar-refractivity contribution in [1.29, 1.82) is 0 Å². The van der Waals surface area contributed by atoms with Crippen molar-refractivity contribution in [2.24, 2.45) is 0 Å². The molecule has 0 fully saturated rings. The van der Waals surface area contributed by atoms with Crippen LogP contribution < -0.4 is 4.90 Å². The van der Waals surface area contributed by atoms with E-state index in [1.807, 2.05) is 72.8 Å². The topological polar surface area (TPSA) is 57.6 Å². The quantitative estimate of drug-likeness (QED) is 0.249. The average molecular weight is 591 g/mol. The normalized spacial score (nSPS) is 16.9. The summed E-state index contributed by atoms with van der Waals surface area (Å²) in [7, 11) is 0. The Balaban J connectivity index is 1.45. The highest BCUT2D eigenvalue weighted by Gasteiger charge is 2.51. The Morgan fingerprint density at radius 1 is 0.829 bits per heavy atom. The van der Waals surface area contributed by atoms with Crippen molar-refractivity contribution in [2.45, 2.75) is 18.6 Å². The molecule has 5 rings (SSSR count). The molecule has 0 radical (unpaired) electrons. The largest absolute Gasteiger partial charge is 0.375 e. The molecule has 35 heavy (non-hydrogen) atoms. The molecule has 0 bridgehead atoms. The number of carbonyl (C=O) groups excluding carboxylic acids is 2. The van der Waals surface area contributed by atoms with Crippen molar-refractivity contribution in [3.63, 3.8) is 0 Å². The summed E-state index contributed by atoms with van der Waals surface area (Å²) in [5.74, 6) is -0.801. The Bertz CT molecular complexity index is 1420. The van der Waals surface area contributed by atoms with Gasteiger partial charge in [0, 0.05) is 20.1 Å². The van der Waals surface area contributed by atoms with Crippen molar-refractivity contribution in [3.8, 4) is 11.1 Å². The number of amides is 1. The summed E-state index contributed by atoms with van der Waals surface area (Å²) in [5.41, 5.74) is 2.48. The Morgan fingerprint density at radius 2 is 1.49 bits per heavy atom. The smallest absolute Gasteiger partial charge is 0.264 e. The lowest BCUT2D eigenvalue weighted by molar-refractivity contribution is -0.136. The molecule has 1 N–H and O–H groups in total. The summed E-state index contributed by atoms with van der Waals surface area (Å²) in [6.07, 6.45) is -0.341. The molecule has 1 heterocycles. The number of halogens is 2. The van der Waals surface area contributed by atoms with E-state index >= 15 is 0 Å². The predicted molar refractivity (Wildman–Crippen MR) is 144 cm³/mol. The number of hydrogen-bond donors (Lipinski definition) is 1. The minimum atomic E-state index is -1.95. The lowest BCUT2D eigenvalue weighted by atomic mass is 9.88. The zero-order chi connectivity index (χ0) is 24.6. The SMILES string of the molecule is O=C(CC1(O)C(=O)N(Cc2ccccc2Br)c2ccc(Br)cc21)c1ccc(-c2ccccc2)cc1. The van der Waals surface area contributed by atoms with E-state index < -0.39 is 11.5 Å². The maximum atomic E-state index is 13.6. The molecule has 4 nitrogen and oxygen atoms in total. The molecule has 0 spiro atoms. The standard InChI is InChI=1S/C29H21Br2NO3/c30-23-14-15-26-24(16-23)29(35,28(34)32(26)18-22-8-4-5-9-25(22)31)17-27(33)21-12-10-20(11-13-21)19-6-2-1-3-7-19/h1-16,35H,17-18H2. The number of benzene rings is 4. The average Bonchev–Trinajstić information content (AvgIpc) is 3.07. The van der Waals surface area contributed by atoms with E-state index in [-0.39, 0.29) is 18.7 Å². The number of hydrogen-bond acceptors (Lipinski definition) is 3. The molecule has 1 unspecified atom stereocenters. The minimum absolute atomic E-state index is 0.275. The van der Waals surface area contributed by atoms with E-state index in [1.165, 1.54) is 0 Å². The molecular weight excluding hydrogens is 570 g/mol. The maximum absolute atomic E-state index is 13.6. The third-order valence-corrected chi connectivity index (χ3v) is 7.58. The number of ketones is 1. The lowest BCUT2D eigenvalue weighted by Crippen LogP contribution is -2.41. The van der Waals surface area contributed by atoms with Crippen LogP contribution in [0.25, 0.3) is 11.1 Å². The van der Waals surface area contributed by atoms with Crippen molar-refractivity contribution in [1.82, 2.24) is 0 Å². The Labute approximate surface area is 220 Å². The Kier molecular flexibility index (Phi) is 6.45. The summed E-state index contributed by atoms with van der Waals surface area (Å²) >= 11 is 6.98. The third kappa shape index (κ3) is 4.49. The van der Waals surface area contributed by atoms with Crippen LogP contribution in [0, 0.1) is 0 Å². The highest BCUT2D eigenvalue weighted by Crippen LogP contribution is 2.45. The molecule has 4 aromatic rings. The summed E-state index contributed by atoms with van der Waals surface area (Å²) in [5, 5.41) is 11.7. The highest BCUT2D eigenvalue weighted by atomic mass is 79.9. The molecule has 1 amide bonds. The first-order chi connectivity index (χ1) is 16.9. The van der Waals surface area contributed by atoms with Crippen molar-refractivity contribution >= 4 is 49.2 Å². The number of fused-ring (bicyclic) bond motifs is 1. The van der Waals surface area contributed by atoms with Crippen LogP contribution >= 0.6 is 31.9 Å². The van der Waals surface area contributed by atoms with Gasteiger partial charge < -0.3 is 10.0 Å². The first-order valence-electron chi connectivity index (χ1n) is 11.1. The van der Waals surface area contributed by atoms with E-state index in [0.717, 1.165) is 25.6 Å². The fourth-order valence-electron chi connectivity index (χ4n) is 4.46. The molecule has 1 aliphatic heterocycles. The monoisotopic (exact) mass is 589 g/mol. The fourth-order valence-corrected chi connectivity index (χ4v) is 5.23. The van der Waals surface area contributed by atoms with Crippen molar-refractivity contribution < 1.29 is 14.7 Å². The summed E-state index contributed by atoms with van der Waals surface area (Å²) in [6, 6.07) is 30.1. The first-order valence-corrected chi connectivity index (χ1v) is 12.7. The number of rotatable bonds is 6. The molecule has 0 aromatic heterocycles. The van der Waals surface area contributed by atoms with Gasteiger partial charge in [-0.2, -0.15) is 0 Å². The van der Waals surface area contributed by atoms with Gasteiger partial charge in [-0.1, -0.05) is 105 Å². The molecule has 4 aromatic carbocycles. The Morgan fingerprint density at radius 3 is 2.20 bits per heavy atom. The molecule has 0 saturated carbocycles. The van der Waals surface area contributed by atoms with Gasteiger partial charge in [0.2, 0.25) is 0 Å². The maximum Gasteiger partial charge on any atom is 0.264 e. The molecule has 0 aliphatic carbocycles. The highest BCUT2D eigenvalue weighted by molar-refractivity contribution is 9.10. The molecular formula is C29H21Br2NO3. The van der Waals surface area contributed by atoms with Gasteiger partial charge in [-0.25, -0.2) is 0 Å². The predicted octanol–water partition coefficient (Wildman–Crippen LogP) is 6.89. The minimum Gasteiger partial charge on any atom is -0.375 e. The number of carbonyl (C=O) groups is 2. The van der Waals surface area contributed by atoms with Crippen LogP contribution in [-0.2, 0) is 16.9 Å². The third-order valence-electron chi connectivity index (χ3n) is 6.31. The van der Waals surface area contributed by atoms with E-state index in [1.54, 1.807) is 29.2 Å². The molecule has 1 atom stereocenters. The number of nitrogens with zero attached hydrogens (tertiary/aromatic N) is 1. The number of anilines is 1. The van der Waals surface area contributed by atoms with E-state index in [2.05, 4.69) is 31.9 Å². The van der Waals surface area contributed by atoms with Crippen LogP contribution in [0.5, 0.6) is 0 Å².